The standard InChI is InChI=1S/C26H36ClN2/c1-9-24(3,4)22-21-19-15(12-11-13-17(19)29-22)25(5,6)16-14-18(27)26(7,10-2)23(28-8)20(16)21/h9-13,16-20,23,29H,1-2,14H2,3-8H3/q-1/t16-,17?,18+,19?,20-,23+,26-/m0/s1. The first-order chi connectivity index (χ1) is 13.5. The summed E-state index contributed by atoms with van der Waals surface area (Å²) in [5.41, 5.74) is 4.19. The fraction of sp³-hybridized carbons (Fsp3) is 0.615. The van der Waals surface area contributed by atoms with E-state index in [1.54, 1.807) is 11.1 Å². The average Bonchev–Trinajstić information content (AvgIpc) is 3.08. The number of nitrogens with zero attached hydrogens (tertiary/aromatic N) is 1. The Hall–Kier alpha value is -1.25. The first kappa shape index (κ1) is 21.0. The maximum atomic E-state index is 7.06. The SMILES string of the molecule is C=CC(C)(C)C1=C2C3C(=CC=CC3N1)C(C)(C)[C@H]1C[C@@H](Cl)[C@](C)(C=C)[C@H]([N-]C)[C@H]21. The van der Waals surface area contributed by atoms with Crippen LogP contribution in [0.5, 0.6) is 0 Å². The lowest BCUT2D eigenvalue weighted by atomic mass is 9.46. The van der Waals surface area contributed by atoms with Gasteiger partial charge in [0, 0.05) is 22.4 Å². The van der Waals surface area contributed by atoms with E-state index in [-0.39, 0.29) is 27.7 Å². The molecular weight excluding hydrogens is 376 g/mol. The van der Waals surface area contributed by atoms with E-state index in [0.29, 0.717) is 23.8 Å². The number of nitrogens with one attached hydrogen (secondary N) is 1. The van der Waals surface area contributed by atoms with Crippen LogP contribution in [0.25, 0.3) is 5.32 Å². The molecule has 1 N–H and O–H groups in total. The maximum Gasteiger partial charge on any atom is 0.0548 e. The van der Waals surface area contributed by atoms with Crippen molar-refractivity contribution in [3.63, 3.8) is 0 Å². The number of allylic oxidation sites excluding steroid dienone is 3. The Labute approximate surface area is 182 Å². The maximum absolute atomic E-state index is 7.06. The molecule has 0 aromatic heterocycles. The van der Waals surface area contributed by atoms with Gasteiger partial charge >= 0.3 is 0 Å². The molecule has 2 unspecified atom stereocenters. The highest BCUT2D eigenvalue weighted by molar-refractivity contribution is 6.21. The molecular formula is C26H36ClN2-. The minimum absolute atomic E-state index is 0.0344. The Balaban J connectivity index is 2.00. The second-order valence-corrected chi connectivity index (χ2v) is 11.3. The molecule has 2 fully saturated rings. The van der Waals surface area contributed by atoms with Crippen LogP contribution in [0.2, 0.25) is 0 Å². The van der Waals surface area contributed by atoms with Crippen molar-refractivity contribution in [3.8, 4) is 0 Å². The van der Waals surface area contributed by atoms with Crippen molar-refractivity contribution < 1.29 is 0 Å². The Kier molecular flexibility index (Phi) is 4.80. The molecule has 4 aliphatic rings. The summed E-state index contributed by atoms with van der Waals surface area (Å²) in [6.45, 7) is 20.0. The minimum Gasteiger partial charge on any atom is -0.661 e. The zero-order valence-corrected chi connectivity index (χ0v) is 19.6. The van der Waals surface area contributed by atoms with Gasteiger partial charge in [-0.3, -0.25) is 0 Å². The molecule has 0 bridgehead atoms. The highest BCUT2D eigenvalue weighted by atomic mass is 35.5. The number of fused-ring (bicyclic) bond motifs is 2. The Bertz CT molecular complexity index is 830. The lowest BCUT2D eigenvalue weighted by molar-refractivity contribution is 0.0508. The summed E-state index contributed by atoms with van der Waals surface area (Å²) >= 11 is 7.06. The zero-order valence-electron chi connectivity index (χ0n) is 18.8. The third-order valence-electron chi connectivity index (χ3n) is 8.67. The molecule has 0 aromatic carbocycles. The van der Waals surface area contributed by atoms with Crippen LogP contribution in [0, 0.1) is 34.0 Å². The monoisotopic (exact) mass is 411 g/mol. The van der Waals surface area contributed by atoms with Gasteiger partial charge in [-0.1, -0.05) is 70.6 Å². The molecule has 0 aromatic rings. The van der Waals surface area contributed by atoms with Crippen LogP contribution in [0.4, 0.5) is 0 Å². The van der Waals surface area contributed by atoms with Gasteiger partial charge in [-0.2, -0.15) is 7.05 Å². The van der Waals surface area contributed by atoms with Crippen LogP contribution in [-0.4, -0.2) is 24.5 Å². The van der Waals surface area contributed by atoms with Gasteiger partial charge in [0.1, 0.15) is 0 Å². The van der Waals surface area contributed by atoms with Gasteiger partial charge in [-0.05, 0) is 34.7 Å². The van der Waals surface area contributed by atoms with E-state index < -0.39 is 0 Å². The van der Waals surface area contributed by atoms with Crippen molar-refractivity contribution in [2.75, 3.05) is 7.05 Å². The molecule has 0 saturated heterocycles. The van der Waals surface area contributed by atoms with E-state index in [4.69, 9.17) is 16.9 Å². The van der Waals surface area contributed by atoms with Gasteiger partial charge in [0.05, 0.1) is 6.04 Å². The minimum atomic E-state index is -0.214. The number of rotatable bonds is 4. The van der Waals surface area contributed by atoms with Crippen molar-refractivity contribution in [2.45, 2.75) is 58.5 Å². The van der Waals surface area contributed by atoms with Gasteiger partial charge in [0.15, 0.2) is 0 Å². The van der Waals surface area contributed by atoms with Crippen LogP contribution in [0.15, 0.2) is 60.4 Å². The van der Waals surface area contributed by atoms with Crippen LogP contribution in [0.3, 0.4) is 0 Å². The molecule has 4 rings (SSSR count). The van der Waals surface area contributed by atoms with Gasteiger partial charge in [0.25, 0.3) is 0 Å². The second-order valence-electron chi connectivity index (χ2n) is 10.7. The summed E-state index contributed by atoms with van der Waals surface area (Å²) in [6.07, 6.45) is 12.1. The van der Waals surface area contributed by atoms with E-state index in [2.05, 4.69) is 83.5 Å². The summed E-state index contributed by atoms with van der Waals surface area (Å²) in [5, 5.41) is 8.93. The van der Waals surface area contributed by atoms with Crippen molar-refractivity contribution in [3.05, 3.63) is 65.7 Å². The molecule has 0 radical (unpaired) electrons. The summed E-state index contributed by atoms with van der Waals surface area (Å²) in [7, 11) is 1.97. The van der Waals surface area contributed by atoms with Gasteiger partial charge < -0.3 is 10.6 Å². The fourth-order valence-electron chi connectivity index (χ4n) is 6.68. The number of halogens is 1. The third kappa shape index (κ3) is 2.64. The smallest absolute Gasteiger partial charge is 0.0548 e. The van der Waals surface area contributed by atoms with Crippen molar-refractivity contribution in [1.82, 2.24) is 5.32 Å². The van der Waals surface area contributed by atoms with E-state index in [1.807, 2.05) is 7.05 Å². The molecule has 0 spiro atoms. The number of hydrogen-bond acceptors (Lipinski definition) is 1. The van der Waals surface area contributed by atoms with Gasteiger partial charge in [-0.15, -0.1) is 30.8 Å². The van der Waals surface area contributed by atoms with E-state index in [9.17, 15) is 0 Å². The molecule has 2 nitrogen and oxygen atoms in total. The molecule has 3 heteroatoms. The van der Waals surface area contributed by atoms with E-state index in [0.717, 1.165) is 6.42 Å². The first-order valence-corrected chi connectivity index (χ1v) is 11.4. The van der Waals surface area contributed by atoms with Crippen LogP contribution < -0.4 is 5.32 Å². The summed E-state index contributed by atoms with van der Waals surface area (Å²) < 4.78 is 0. The lowest BCUT2D eigenvalue weighted by Gasteiger charge is -2.64. The van der Waals surface area contributed by atoms with Crippen molar-refractivity contribution >= 4 is 11.6 Å². The highest BCUT2D eigenvalue weighted by Gasteiger charge is 2.60. The lowest BCUT2D eigenvalue weighted by Crippen LogP contribution is -2.58. The van der Waals surface area contributed by atoms with Gasteiger partial charge in [-0.25, -0.2) is 0 Å². The van der Waals surface area contributed by atoms with Crippen LogP contribution in [-0.2, 0) is 0 Å². The number of hydrogen-bond donors (Lipinski definition) is 1. The second kappa shape index (κ2) is 6.62. The molecule has 3 aliphatic carbocycles. The van der Waals surface area contributed by atoms with Crippen LogP contribution >= 0.6 is 11.6 Å². The van der Waals surface area contributed by atoms with Crippen LogP contribution in [0.1, 0.15) is 41.0 Å². The predicted molar refractivity (Wildman–Crippen MR) is 125 cm³/mol. The largest absolute Gasteiger partial charge is 0.661 e. The van der Waals surface area contributed by atoms with Crippen molar-refractivity contribution in [1.29, 1.82) is 0 Å². The Morgan fingerprint density at radius 3 is 2.55 bits per heavy atom. The van der Waals surface area contributed by atoms with Crippen molar-refractivity contribution in [2.24, 2.45) is 34.0 Å². The molecule has 29 heavy (non-hydrogen) atoms. The number of alkyl halides is 1. The van der Waals surface area contributed by atoms with E-state index in [1.165, 1.54) is 5.70 Å². The molecule has 158 valence electrons. The Morgan fingerprint density at radius 2 is 1.97 bits per heavy atom. The molecule has 1 heterocycles. The normalized spacial score (nSPS) is 42.5. The molecule has 0 amide bonds. The molecule has 1 aliphatic heterocycles. The third-order valence-corrected chi connectivity index (χ3v) is 9.32. The summed E-state index contributed by atoms with van der Waals surface area (Å²) in [4.78, 5) is 0. The first-order valence-electron chi connectivity index (χ1n) is 10.9. The Morgan fingerprint density at radius 1 is 1.28 bits per heavy atom. The topological polar surface area (TPSA) is 26.1 Å². The zero-order chi connectivity index (χ0) is 21.4. The quantitative estimate of drug-likeness (QED) is 0.421. The summed E-state index contributed by atoms with van der Waals surface area (Å²) in [6, 6.07) is 0.444. The summed E-state index contributed by atoms with van der Waals surface area (Å²) in [5.74, 6) is 1.20. The average molecular weight is 412 g/mol. The van der Waals surface area contributed by atoms with Gasteiger partial charge in [0.2, 0.25) is 0 Å². The van der Waals surface area contributed by atoms with E-state index >= 15 is 0 Å². The molecule has 2 saturated carbocycles. The fourth-order valence-corrected chi connectivity index (χ4v) is 7.09. The highest BCUT2D eigenvalue weighted by Crippen LogP contribution is 2.65. The predicted octanol–water partition coefficient (Wildman–Crippen LogP) is 6.38. The molecule has 7 atom stereocenters.